The van der Waals surface area contributed by atoms with E-state index in [2.05, 4.69) is 56.0 Å². The topological polar surface area (TPSA) is 168 Å². The molecule has 0 aliphatic heterocycles. The van der Waals surface area contributed by atoms with Crippen molar-refractivity contribution in [2.24, 2.45) is 0 Å². The summed E-state index contributed by atoms with van der Waals surface area (Å²) in [6.07, 6.45) is 2.50. The lowest BCUT2D eigenvalue weighted by Gasteiger charge is -2.02. The molecule has 0 amide bonds. The lowest BCUT2D eigenvalue weighted by molar-refractivity contribution is 0.361. The maximum atomic E-state index is 11.3. The molecule has 0 spiro atoms. The van der Waals surface area contributed by atoms with Gasteiger partial charge in [0, 0.05) is 6.54 Å². The Morgan fingerprint density at radius 1 is 0.786 bits per heavy atom. The molecule has 1 aromatic carbocycles. The van der Waals surface area contributed by atoms with Crippen LogP contribution >= 0.6 is 13.4 Å². The van der Waals surface area contributed by atoms with Gasteiger partial charge < -0.3 is 29.4 Å². The van der Waals surface area contributed by atoms with Gasteiger partial charge in [-0.15, -0.1) is 0 Å². The third kappa shape index (κ3) is 50.2. The number of sulfonamides is 1. The molecule has 0 bridgehead atoms. The van der Waals surface area contributed by atoms with Crippen LogP contribution in [0, 0.1) is 0 Å². The zero-order valence-corrected chi connectivity index (χ0v) is 20.9. The average molecular weight is 502 g/mol. The Kier molecular flexibility index (Phi) is 26.0. The summed E-state index contributed by atoms with van der Waals surface area (Å²) in [5.74, 6) is 0. The van der Waals surface area contributed by atoms with Gasteiger partial charge in [-0.25, -0.2) is 13.1 Å². The molecule has 9 nitrogen and oxygen atoms in total. The van der Waals surface area contributed by atoms with Crippen LogP contribution < -0.4 is 4.72 Å². The molecule has 0 fully saturated rings. The van der Waals surface area contributed by atoms with Crippen molar-refractivity contribution in [3.8, 4) is 0 Å². The van der Waals surface area contributed by atoms with E-state index in [0.717, 1.165) is 0 Å². The third-order valence-corrected chi connectivity index (χ3v) is 2.95. The van der Waals surface area contributed by atoms with Gasteiger partial charge in [0.1, 0.15) is 0 Å². The first-order valence-corrected chi connectivity index (χ1v) is 14.9. The molecule has 0 aromatic heterocycles. The molecule has 28 heavy (non-hydrogen) atoms. The predicted molar refractivity (Wildman–Crippen MR) is 121 cm³/mol. The molecule has 0 saturated carbocycles. The van der Waals surface area contributed by atoms with Crippen LogP contribution in [-0.4, -0.2) is 44.3 Å². The van der Waals surface area contributed by atoms with Crippen LogP contribution in [0.5, 0.6) is 0 Å². The van der Waals surface area contributed by atoms with Crippen molar-refractivity contribution >= 4 is 47.1 Å². The highest BCUT2D eigenvalue weighted by atomic mass is 32.5. The van der Waals surface area contributed by atoms with Crippen LogP contribution in [0.1, 0.15) is 47.5 Å². The molecule has 7 N–H and O–H groups in total. The number of benzene rings is 1. The fraction of sp³-hybridized carbons (Fsp3) is 0.571. The Bertz CT molecular complexity index is 609. The van der Waals surface area contributed by atoms with Crippen LogP contribution in [0.15, 0.2) is 35.2 Å². The summed E-state index contributed by atoms with van der Waals surface area (Å²) in [5.41, 5.74) is 0. The van der Waals surface area contributed by atoms with Gasteiger partial charge in [0.15, 0.2) is 0 Å². The molecular formula is C14H33NO8P2S3. The molecule has 1 aromatic rings. The first kappa shape index (κ1) is 35.6. The van der Waals surface area contributed by atoms with Crippen molar-refractivity contribution in [3.63, 3.8) is 0 Å². The number of nitrogens with one attached hydrogen (secondary N) is 1. The average Bonchev–Trinajstić information content (AvgIpc) is 2.46. The van der Waals surface area contributed by atoms with Crippen molar-refractivity contribution in [2.45, 2.75) is 52.4 Å². The molecule has 1 rings (SSSR count). The Morgan fingerprint density at radius 3 is 1.25 bits per heavy atom. The molecule has 14 heteroatoms. The zero-order valence-electron chi connectivity index (χ0n) is 16.6. The van der Waals surface area contributed by atoms with Gasteiger partial charge in [-0.3, -0.25) is 0 Å². The largest absolute Gasteiger partial charge is 0.325 e. The van der Waals surface area contributed by atoms with Crippen molar-refractivity contribution < 1.29 is 37.8 Å². The van der Waals surface area contributed by atoms with Crippen molar-refractivity contribution in [1.82, 2.24) is 4.72 Å². The molecule has 0 aliphatic carbocycles. The van der Waals surface area contributed by atoms with Crippen molar-refractivity contribution in [2.75, 3.05) is 6.54 Å². The maximum absolute atomic E-state index is 11.3. The molecule has 0 heterocycles. The summed E-state index contributed by atoms with van der Waals surface area (Å²) in [4.78, 5) is 45.7. The van der Waals surface area contributed by atoms with E-state index >= 15 is 0 Å². The summed E-state index contributed by atoms with van der Waals surface area (Å²) in [7, 11) is -3.26. The fourth-order valence-electron chi connectivity index (χ4n) is 0.873. The van der Waals surface area contributed by atoms with Crippen LogP contribution in [0.4, 0.5) is 0 Å². The summed E-state index contributed by atoms with van der Waals surface area (Å²) >= 11 is 7.21. The van der Waals surface area contributed by atoms with Crippen molar-refractivity contribution in [1.29, 1.82) is 0 Å². The second kappa shape index (κ2) is 20.5. The van der Waals surface area contributed by atoms with Crippen LogP contribution in [0.3, 0.4) is 0 Å². The standard InChI is InChI=1S/C8H11NO2S.2C3H8.2H3O3PS/c1-2-9-12(10,11)8-6-4-3-5-7-8;2*1-3-2;2*1-4(2,3)5/h3-7,9H,2H2,1H3;2*3H2,1-2H3;2*(H3,1,2,3,5). The normalized spacial score (nSPS) is 10.4. The minimum atomic E-state index is -3.81. The number of hydrogen-bond acceptors (Lipinski definition) is 4. The van der Waals surface area contributed by atoms with E-state index in [9.17, 15) is 8.42 Å². The van der Waals surface area contributed by atoms with Gasteiger partial charge >= 0.3 is 13.4 Å². The molecule has 0 unspecified atom stereocenters. The Morgan fingerprint density at radius 2 is 1.04 bits per heavy atom. The first-order valence-electron chi connectivity index (χ1n) is 8.11. The van der Waals surface area contributed by atoms with E-state index in [-0.39, 0.29) is 0 Å². The monoisotopic (exact) mass is 501 g/mol. The van der Waals surface area contributed by atoms with Gasteiger partial charge in [0.05, 0.1) is 4.90 Å². The molecule has 0 radical (unpaired) electrons. The quantitative estimate of drug-likeness (QED) is 0.305. The smallest absolute Gasteiger partial charge is 0.319 e. The van der Waals surface area contributed by atoms with Gasteiger partial charge in [0.25, 0.3) is 0 Å². The lowest BCUT2D eigenvalue weighted by Crippen LogP contribution is -2.22. The summed E-state index contributed by atoms with van der Waals surface area (Å²) in [6, 6.07) is 8.31. The van der Waals surface area contributed by atoms with E-state index in [1.54, 1.807) is 37.3 Å². The summed E-state index contributed by atoms with van der Waals surface area (Å²) in [5, 5.41) is 0. The van der Waals surface area contributed by atoms with E-state index in [1.807, 2.05) is 0 Å². The Hall–Kier alpha value is 0.190. The first-order chi connectivity index (χ1) is 12.5. The van der Waals surface area contributed by atoms with Crippen LogP contribution in [0.25, 0.3) is 0 Å². The lowest BCUT2D eigenvalue weighted by atomic mass is 10.4. The molecule has 0 saturated heterocycles. The van der Waals surface area contributed by atoms with Gasteiger partial charge in [-0.05, 0) is 35.7 Å². The summed E-state index contributed by atoms with van der Waals surface area (Å²) in [6.45, 7) is 3.05. The molecule has 170 valence electrons. The SMILES string of the molecule is CCC.CCC.CCNS(=O)(=O)c1ccccc1.OP(O)(O)=S.OP(O)(O)=S. The van der Waals surface area contributed by atoms with Gasteiger partial charge in [-0.1, -0.05) is 65.7 Å². The van der Waals surface area contributed by atoms with E-state index in [4.69, 9.17) is 29.4 Å². The highest BCUT2D eigenvalue weighted by Crippen LogP contribution is 2.26. The molecule has 0 aliphatic rings. The third-order valence-electron chi connectivity index (χ3n) is 1.39. The minimum Gasteiger partial charge on any atom is -0.325 e. The van der Waals surface area contributed by atoms with Crippen LogP contribution in [0.2, 0.25) is 0 Å². The Balaban J connectivity index is -0.000000151. The highest BCUT2D eigenvalue weighted by Gasteiger charge is 2.10. The number of rotatable bonds is 3. The van der Waals surface area contributed by atoms with Gasteiger partial charge in [0.2, 0.25) is 10.0 Å². The summed E-state index contributed by atoms with van der Waals surface area (Å²) < 4.78 is 25.1. The predicted octanol–water partition coefficient (Wildman–Crippen LogP) is 2.19. The molecular weight excluding hydrogens is 468 g/mol. The Labute approximate surface area is 178 Å². The molecule has 0 atom stereocenters. The second-order valence-electron chi connectivity index (χ2n) is 4.76. The van der Waals surface area contributed by atoms with E-state index in [1.165, 1.54) is 12.8 Å². The number of hydrogen-bond donors (Lipinski definition) is 7. The minimum absolute atomic E-state index is 0.312. The van der Waals surface area contributed by atoms with Crippen molar-refractivity contribution in [3.05, 3.63) is 30.3 Å². The zero-order chi connectivity index (χ0) is 23.4. The van der Waals surface area contributed by atoms with Crippen LogP contribution in [-0.2, 0) is 33.6 Å². The van der Waals surface area contributed by atoms with Gasteiger partial charge in [-0.2, -0.15) is 0 Å². The fourth-order valence-corrected chi connectivity index (χ4v) is 1.94. The highest BCUT2D eigenvalue weighted by molar-refractivity contribution is 8.06. The van der Waals surface area contributed by atoms with E-state index in [0.29, 0.717) is 11.4 Å². The maximum Gasteiger partial charge on any atom is 0.319 e. The van der Waals surface area contributed by atoms with E-state index < -0.39 is 23.5 Å². The second-order valence-corrected chi connectivity index (χ2v) is 11.5.